The van der Waals surface area contributed by atoms with Gasteiger partial charge in [0.1, 0.15) is 11.7 Å². The highest BCUT2D eigenvalue weighted by Crippen LogP contribution is 2.34. The predicted molar refractivity (Wildman–Crippen MR) is 188 cm³/mol. The van der Waals surface area contributed by atoms with E-state index in [0.717, 1.165) is 47.4 Å². The second-order valence-corrected chi connectivity index (χ2v) is 13.7. The number of H-pyrrole nitrogens is 1. The van der Waals surface area contributed by atoms with Gasteiger partial charge in [-0.05, 0) is 53.3 Å². The molecule has 10 nitrogen and oxygen atoms in total. The van der Waals surface area contributed by atoms with E-state index in [1.807, 2.05) is 57.3 Å². The van der Waals surface area contributed by atoms with Crippen LogP contribution < -0.4 is 33.5 Å². The van der Waals surface area contributed by atoms with E-state index in [4.69, 9.17) is 17.2 Å². The molecule has 0 saturated carbocycles. The summed E-state index contributed by atoms with van der Waals surface area (Å²) in [6.07, 6.45) is -1.62. The number of rotatable bonds is 11. The summed E-state index contributed by atoms with van der Waals surface area (Å²) in [5, 5.41) is 6.72. The van der Waals surface area contributed by atoms with E-state index in [-0.39, 0.29) is 41.1 Å². The van der Waals surface area contributed by atoms with Crippen LogP contribution in [0.5, 0.6) is 0 Å². The van der Waals surface area contributed by atoms with Crippen molar-refractivity contribution in [2.24, 2.45) is 22.2 Å². The fraction of sp³-hybridized carbons (Fsp3) is 0.457. The Bertz CT molecular complexity index is 1690. The van der Waals surface area contributed by atoms with E-state index in [1.54, 1.807) is 16.7 Å². The van der Waals surface area contributed by atoms with E-state index < -0.39 is 12.2 Å². The van der Waals surface area contributed by atoms with Crippen molar-refractivity contribution in [3.05, 3.63) is 93.7 Å². The van der Waals surface area contributed by atoms with Gasteiger partial charge in [0.25, 0.3) is 0 Å². The molecule has 0 amide bonds. The number of guanidine groups is 1. The van der Waals surface area contributed by atoms with Gasteiger partial charge in [0.2, 0.25) is 0 Å². The minimum atomic E-state index is -4.33. The van der Waals surface area contributed by atoms with Gasteiger partial charge in [0.05, 0.1) is 5.69 Å². The molecule has 2 aromatic heterocycles. The molecule has 0 fully saturated rings. The predicted octanol–water partition coefficient (Wildman–Crippen LogP) is 4.90. The maximum Gasteiger partial charge on any atom is 0.407 e. The van der Waals surface area contributed by atoms with Crippen LogP contribution in [-0.4, -0.2) is 52.8 Å². The normalized spacial score (nSPS) is 12.8. The molecule has 13 heteroatoms. The summed E-state index contributed by atoms with van der Waals surface area (Å²) in [4.78, 5) is 23.9. The number of hydrogen-bond acceptors (Lipinski definition) is 6. The molecule has 48 heavy (non-hydrogen) atoms. The fourth-order valence-electron chi connectivity index (χ4n) is 4.84. The Kier molecular flexibility index (Phi) is 13.0. The van der Waals surface area contributed by atoms with Crippen LogP contribution in [0.3, 0.4) is 0 Å². The van der Waals surface area contributed by atoms with Crippen molar-refractivity contribution < 1.29 is 13.2 Å². The molecule has 4 aromatic rings. The molecule has 0 aliphatic rings. The summed E-state index contributed by atoms with van der Waals surface area (Å²) in [5.41, 5.74) is 20.1. The molecule has 0 bridgehead atoms. The van der Waals surface area contributed by atoms with Gasteiger partial charge in [-0.2, -0.15) is 18.2 Å². The summed E-state index contributed by atoms with van der Waals surface area (Å²) in [5.74, 6) is 0.123. The van der Waals surface area contributed by atoms with Gasteiger partial charge in [-0.1, -0.05) is 77.9 Å². The van der Waals surface area contributed by atoms with Crippen molar-refractivity contribution in [2.75, 3.05) is 26.2 Å². The van der Waals surface area contributed by atoms with Crippen molar-refractivity contribution in [3.8, 4) is 5.69 Å². The third-order valence-electron chi connectivity index (χ3n) is 7.57. The minimum absolute atomic E-state index is 0.0352. The molecule has 0 saturated heterocycles. The number of alkyl halides is 3. The van der Waals surface area contributed by atoms with E-state index in [9.17, 15) is 18.0 Å². The highest BCUT2D eigenvalue weighted by atomic mass is 19.4. The lowest BCUT2D eigenvalue weighted by Crippen LogP contribution is -2.37. The lowest BCUT2D eigenvalue weighted by atomic mass is 9.85. The zero-order chi connectivity index (χ0) is 35.7. The lowest BCUT2D eigenvalue weighted by Gasteiger charge is -2.25. The quantitative estimate of drug-likeness (QED) is 0.0751. The number of aliphatic imine (C=N–C) groups is 1. The second kappa shape index (κ2) is 16.3. The van der Waals surface area contributed by atoms with E-state index in [1.165, 1.54) is 6.07 Å². The molecular weight excluding hydrogens is 619 g/mol. The Morgan fingerprint density at radius 3 is 2.25 bits per heavy atom. The molecule has 4 rings (SSSR count). The number of nitrogens with zero attached hydrogens (tertiary/aromatic N) is 3. The Balaban J connectivity index is 0.000000286. The summed E-state index contributed by atoms with van der Waals surface area (Å²) < 4.78 is 40.7. The third kappa shape index (κ3) is 11.2. The smallest absolute Gasteiger partial charge is 0.370 e. The van der Waals surface area contributed by atoms with Gasteiger partial charge in [0.15, 0.2) is 5.96 Å². The molecule has 262 valence electrons. The molecule has 9 N–H and O–H groups in total. The van der Waals surface area contributed by atoms with Crippen LogP contribution in [0.1, 0.15) is 76.4 Å². The number of nitrogens with two attached hydrogens (primary N) is 3. The van der Waals surface area contributed by atoms with Crippen LogP contribution in [0, 0.1) is 0 Å². The molecule has 0 aliphatic heterocycles. The van der Waals surface area contributed by atoms with Crippen molar-refractivity contribution >= 4 is 17.0 Å². The summed E-state index contributed by atoms with van der Waals surface area (Å²) in [6.45, 7) is 14.8. The van der Waals surface area contributed by atoms with Crippen molar-refractivity contribution in [1.82, 2.24) is 25.2 Å². The van der Waals surface area contributed by atoms with Gasteiger partial charge >= 0.3 is 11.9 Å². The Hall–Kier alpha value is -4.20. The number of nitrogens with one attached hydrogen (secondary N) is 3. The highest BCUT2D eigenvalue weighted by molar-refractivity contribution is 5.76. The number of fused-ring (bicyclic) bond motifs is 1. The van der Waals surface area contributed by atoms with E-state index >= 15 is 0 Å². The van der Waals surface area contributed by atoms with Crippen LogP contribution in [-0.2, 0) is 17.4 Å². The maximum absolute atomic E-state index is 13.1. The molecule has 1 unspecified atom stereocenters. The molecule has 0 aliphatic carbocycles. The van der Waals surface area contributed by atoms with Gasteiger partial charge in [-0.3, -0.25) is 9.56 Å². The Labute approximate surface area is 280 Å². The van der Waals surface area contributed by atoms with Gasteiger partial charge in [-0.25, -0.2) is 4.79 Å². The van der Waals surface area contributed by atoms with Crippen LogP contribution in [0.4, 0.5) is 13.2 Å². The lowest BCUT2D eigenvalue weighted by molar-refractivity contribution is -0.157. The molecule has 0 radical (unpaired) electrons. The molecule has 2 aromatic carbocycles. The van der Waals surface area contributed by atoms with E-state index in [0.29, 0.717) is 12.2 Å². The van der Waals surface area contributed by atoms with Crippen LogP contribution in [0.25, 0.3) is 16.7 Å². The first-order valence-electron chi connectivity index (χ1n) is 16.0. The first-order chi connectivity index (χ1) is 22.4. The fourth-order valence-corrected chi connectivity index (χ4v) is 4.84. The largest absolute Gasteiger partial charge is 0.407 e. The van der Waals surface area contributed by atoms with Crippen molar-refractivity contribution in [2.45, 2.75) is 77.6 Å². The highest BCUT2D eigenvalue weighted by Gasteiger charge is 2.40. The average Bonchev–Trinajstić information content (AvgIpc) is 3.42. The first-order valence-corrected chi connectivity index (χ1v) is 16.0. The summed E-state index contributed by atoms with van der Waals surface area (Å²) >= 11 is 0. The topological polar surface area (TPSA) is 165 Å². The molecular formula is C35H50F3N9O. The zero-order valence-corrected chi connectivity index (χ0v) is 28.7. The third-order valence-corrected chi connectivity index (χ3v) is 7.57. The van der Waals surface area contributed by atoms with Crippen LogP contribution >= 0.6 is 0 Å². The minimum Gasteiger partial charge on any atom is -0.370 e. The van der Waals surface area contributed by atoms with Crippen LogP contribution in [0.2, 0.25) is 0 Å². The van der Waals surface area contributed by atoms with Gasteiger partial charge in [-0.15, -0.1) is 0 Å². The van der Waals surface area contributed by atoms with Crippen molar-refractivity contribution in [1.29, 1.82) is 0 Å². The average molecular weight is 670 g/mol. The number of aromatic amines is 1. The molecule has 1 atom stereocenters. The van der Waals surface area contributed by atoms with Crippen molar-refractivity contribution in [3.63, 3.8) is 0 Å². The number of benzene rings is 2. The number of hydrogen-bond donors (Lipinski definition) is 6. The Morgan fingerprint density at radius 2 is 1.67 bits per heavy atom. The number of halogens is 3. The van der Waals surface area contributed by atoms with Gasteiger partial charge in [0, 0.05) is 48.9 Å². The summed E-state index contributed by atoms with van der Waals surface area (Å²) in [7, 11) is 0. The first kappa shape index (κ1) is 38.2. The van der Waals surface area contributed by atoms with E-state index in [2.05, 4.69) is 52.4 Å². The SMILES string of the molecule is CC(C)(C)c1cc2cn(-c3ccc(CNCCCN=C(N)N)cc3)c(=O)nc2[nH]1.CC(C)(C)c1cccc(C(NCCN)C(F)(F)F)c1. The molecule has 0 spiro atoms. The standard InChI is InChI=1S/C21H29N7O.C14H21F3N2/c1-21(2,3)17-11-15-13-28(20(29)27-18(15)26-17)16-7-5-14(6-8-16)12-24-9-4-10-25-19(22)23;1-13(2,3)11-6-4-5-10(9-11)12(14(15,16)17)19-8-7-18/h5-8,11,13,24H,4,9-10,12H2,1-3H3,(H4,22,23,25)(H,26,27,29);4-6,9,12,19H,7-8,18H2,1-3H3. The zero-order valence-electron chi connectivity index (χ0n) is 28.7. The van der Waals surface area contributed by atoms with Gasteiger partial charge < -0.3 is 32.8 Å². The Morgan fingerprint density at radius 1 is 0.979 bits per heavy atom. The second-order valence-electron chi connectivity index (χ2n) is 13.7. The number of aromatic nitrogens is 3. The monoisotopic (exact) mass is 669 g/mol. The summed E-state index contributed by atoms with van der Waals surface area (Å²) in [6, 6.07) is 14.9. The van der Waals surface area contributed by atoms with Crippen LogP contribution in [0.15, 0.2) is 70.6 Å². The molecule has 2 heterocycles. The maximum atomic E-state index is 13.1.